The molecular weight excluding hydrogens is 304 g/mol. The number of nitrogens with one attached hydrogen (secondary N) is 2. The third-order valence-corrected chi connectivity index (χ3v) is 3.68. The average molecular weight is 328 g/mol. The molecule has 1 heterocycles. The second-order valence-corrected chi connectivity index (χ2v) is 5.86. The number of aryl methyl sites for hydroxylation is 1. The van der Waals surface area contributed by atoms with Gasteiger partial charge in [0.25, 0.3) is 0 Å². The summed E-state index contributed by atoms with van der Waals surface area (Å²) < 4.78 is 5.80. The van der Waals surface area contributed by atoms with Gasteiger partial charge in [-0.05, 0) is 12.1 Å². The average Bonchev–Trinajstić information content (AvgIpc) is 2.94. The molecular formula is C19H24N2O3. The number of furan rings is 1. The summed E-state index contributed by atoms with van der Waals surface area (Å²) in [6.45, 7) is 6.50. The Hall–Kier alpha value is -2.56. The van der Waals surface area contributed by atoms with Crippen molar-refractivity contribution in [2.24, 2.45) is 5.92 Å². The summed E-state index contributed by atoms with van der Waals surface area (Å²) in [6, 6.07) is 7.78. The number of benzene rings is 1. The smallest absolute Gasteiger partial charge is 0.244 e. The van der Waals surface area contributed by atoms with Crippen molar-refractivity contribution in [1.82, 2.24) is 10.6 Å². The number of carbonyl (C=O) groups excluding carboxylic acids is 2. The van der Waals surface area contributed by atoms with Crippen LogP contribution in [-0.4, -0.2) is 24.9 Å². The molecule has 0 radical (unpaired) electrons. The summed E-state index contributed by atoms with van der Waals surface area (Å²) in [4.78, 5) is 23.3. The van der Waals surface area contributed by atoms with Crippen molar-refractivity contribution in [2.45, 2.75) is 27.2 Å². The van der Waals surface area contributed by atoms with Crippen LogP contribution in [-0.2, 0) is 16.0 Å². The van der Waals surface area contributed by atoms with Gasteiger partial charge in [-0.15, -0.1) is 0 Å². The number of para-hydroxylation sites is 1. The zero-order valence-electron chi connectivity index (χ0n) is 14.4. The van der Waals surface area contributed by atoms with Crippen LogP contribution in [0.2, 0.25) is 0 Å². The van der Waals surface area contributed by atoms with Gasteiger partial charge in [-0.25, -0.2) is 0 Å². The maximum absolute atomic E-state index is 11.9. The Kier molecular flexibility index (Phi) is 6.18. The van der Waals surface area contributed by atoms with Gasteiger partial charge in [-0.3, -0.25) is 9.59 Å². The predicted molar refractivity (Wildman–Crippen MR) is 95.5 cm³/mol. The lowest BCUT2D eigenvalue weighted by molar-refractivity contribution is -0.124. The number of carbonyl (C=O) groups is 2. The zero-order valence-corrected chi connectivity index (χ0v) is 14.4. The van der Waals surface area contributed by atoms with Crippen LogP contribution in [0, 0.1) is 5.92 Å². The molecule has 2 rings (SSSR count). The minimum absolute atomic E-state index is 0.0164. The van der Waals surface area contributed by atoms with Crippen LogP contribution in [0.25, 0.3) is 17.0 Å². The third kappa shape index (κ3) is 4.47. The van der Waals surface area contributed by atoms with E-state index in [4.69, 9.17) is 4.42 Å². The molecule has 1 aromatic carbocycles. The molecule has 0 unspecified atom stereocenters. The zero-order chi connectivity index (χ0) is 17.5. The van der Waals surface area contributed by atoms with E-state index < -0.39 is 0 Å². The van der Waals surface area contributed by atoms with Gasteiger partial charge >= 0.3 is 0 Å². The van der Waals surface area contributed by atoms with Gasteiger partial charge in [0.15, 0.2) is 0 Å². The predicted octanol–water partition coefficient (Wildman–Crippen LogP) is 2.90. The van der Waals surface area contributed by atoms with Gasteiger partial charge in [-0.2, -0.15) is 0 Å². The highest BCUT2D eigenvalue weighted by molar-refractivity contribution is 5.96. The second kappa shape index (κ2) is 8.34. The molecule has 2 N–H and O–H groups in total. The minimum Gasteiger partial charge on any atom is -0.460 e. The molecule has 0 aliphatic rings. The fraction of sp³-hybridized carbons (Fsp3) is 0.368. The lowest BCUT2D eigenvalue weighted by atomic mass is 10.1. The summed E-state index contributed by atoms with van der Waals surface area (Å²) in [5, 5.41) is 6.51. The first-order valence-corrected chi connectivity index (χ1v) is 8.27. The summed E-state index contributed by atoms with van der Waals surface area (Å²) in [5.41, 5.74) is 1.77. The quantitative estimate of drug-likeness (QED) is 0.606. The van der Waals surface area contributed by atoms with Gasteiger partial charge in [0, 0.05) is 42.5 Å². The Balaban J connectivity index is 1.93. The lowest BCUT2D eigenvalue weighted by Gasteiger charge is -2.07. The first kappa shape index (κ1) is 17.8. The first-order valence-electron chi connectivity index (χ1n) is 8.27. The van der Waals surface area contributed by atoms with Crippen LogP contribution in [0.4, 0.5) is 0 Å². The van der Waals surface area contributed by atoms with Gasteiger partial charge in [0.2, 0.25) is 11.8 Å². The van der Waals surface area contributed by atoms with Crippen LogP contribution in [0.1, 0.15) is 32.1 Å². The maximum Gasteiger partial charge on any atom is 0.244 e. The van der Waals surface area contributed by atoms with E-state index in [-0.39, 0.29) is 17.7 Å². The van der Waals surface area contributed by atoms with Crippen LogP contribution < -0.4 is 10.6 Å². The standard InChI is InChI=1S/C19H24N2O3/c1-4-16-15(14-7-5-6-8-17(14)24-16)9-10-18(22)20-11-12-21-19(23)13(2)3/h5-10,13H,4,11-12H2,1-3H3,(H,20,22)(H,21,23)/b10-9+. The van der Waals surface area contributed by atoms with E-state index in [1.807, 2.05) is 45.0 Å². The number of hydrogen-bond acceptors (Lipinski definition) is 3. The van der Waals surface area contributed by atoms with E-state index in [0.29, 0.717) is 13.1 Å². The molecule has 0 saturated heterocycles. The molecule has 2 aromatic rings. The molecule has 0 aliphatic carbocycles. The molecule has 5 heteroatoms. The van der Waals surface area contributed by atoms with Crippen molar-refractivity contribution >= 4 is 28.9 Å². The van der Waals surface area contributed by atoms with Gasteiger partial charge < -0.3 is 15.1 Å². The highest BCUT2D eigenvalue weighted by Crippen LogP contribution is 2.27. The molecule has 1 aromatic heterocycles. The van der Waals surface area contributed by atoms with E-state index in [9.17, 15) is 9.59 Å². The van der Waals surface area contributed by atoms with E-state index >= 15 is 0 Å². The third-order valence-electron chi connectivity index (χ3n) is 3.68. The summed E-state index contributed by atoms with van der Waals surface area (Å²) in [5.74, 6) is 0.602. The Labute approximate surface area is 142 Å². The summed E-state index contributed by atoms with van der Waals surface area (Å²) in [7, 11) is 0. The Morgan fingerprint density at radius 2 is 1.88 bits per heavy atom. The maximum atomic E-state index is 11.9. The van der Waals surface area contributed by atoms with E-state index in [1.54, 1.807) is 6.08 Å². The molecule has 5 nitrogen and oxygen atoms in total. The number of rotatable bonds is 7. The Morgan fingerprint density at radius 3 is 2.58 bits per heavy atom. The molecule has 0 fully saturated rings. The monoisotopic (exact) mass is 328 g/mol. The molecule has 0 spiro atoms. The Bertz CT molecular complexity index is 744. The highest BCUT2D eigenvalue weighted by atomic mass is 16.3. The van der Waals surface area contributed by atoms with Gasteiger partial charge in [0.05, 0.1) is 0 Å². The van der Waals surface area contributed by atoms with Crippen molar-refractivity contribution in [2.75, 3.05) is 13.1 Å². The minimum atomic E-state index is -0.193. The first-order chi connectivity index (χ1) is 11.5. The SMILES string of the molecule is CCc1oc2ccccc2c1/C=C/C(=O)NCCNC(=O)C(C)C. The van der Waals surface area contributed by atoms with E-state index in [0.717, 1.165) is 28.7 Å². The fourth-order valence-corrected chi connectivity index (χ4v) is 2.35. The second-order valence-electron chi connectivity index (χ2n) is 5.86. The number of amides is 2. The number of hydrogen-bond donors (Lipinski definition) is 2. The van der Waals surface area contributed by atoms with Crippen molar-refractivity contribution in [1.29, 1.82) is 0 Å². The van der Waals surface area contributed by atoms with Crippen LogP contribution in [0.3, 0.4) is 0 Å². The van der Waals surface area contributed by atoms with Crippen molar-refractivity contribution in [3.8, 4) is 0 Å². The number of fused-ring (bicyclic) bond motifs is 1. The summed E-state index contributed by atoms with van der Waals surface area (Å²) in [6.07, 6.45) is 4.05. The largest absolute Gasteiger partial charge is 0.460 e. The van der Waals surface area contributed by atoms with E-state index in [2.05, 4.69) is 10.6 Å². The van der Waals surface area contributed by atoms with E-state index in [1.165, 1.54) is 6.08 Å². The van der Waals surface area contributed by atoms with Crippen molar-refractivity contribution in [3.05, 3.63) is 41.7 Å². The lowest BCUT2D eigenvalue weighted by Crippen LogP contribution is -2.35. The molecule has 128 valence electrons. The Morgan fingerprint density at radius 1 is 1.17 bits per heavy atom. The molecule has 0 aliphatic heterocycles. The topological polar surface area (TPSA) is 71.3 Å². The highest BCUT2D eigenvalue weighted by Gasteiger charge is 2.10. The molecule has 0 bridgehead atoms. The van der Waals surface area contributed by atoms with Crippen LogP contribution in [0.5, 0.6) is 0 Å². The summed E-state index contributed by atoms with van der Waals surface area (Å²) >= 11 is 0. The molecule has 0 saturated carbocycles. The van der Waals surface area contributed by atoms with Crippen molar-refractivity contribution < 1.29 is 14.0 Å². The molecule has 0 atom stereocenters. The van der Waals surface area contributed by atoms with Gasteiger partial charge in [-0.1, -0.05) is 39.0 Å². The molecule has 24 heavy (non-hydrogen) atoms. The van der Waals surface area contributed by atoms with Crippen LogP contribution >= 0.6 is 0 Å². The van der Waals surface area contributed by atoms with Gasteiger partial charge in [0.1, 0.15) is 11.3 Å². The fourth-order valence-electron chi connectivity index (χ4n) is 2.35. The van der Waals surface area contributed by atoms with Crippen LogP contribution in [0.15, 0.2) is 34.8 Å². The molecule has 2 amide bonds. The van der Waals surface area contributed by atoms with Crippen molar-refractivity contribution in [3.63, 3.8) is 0 Å². The normalized spacial score (nSPS) is 11.3.